The zero-order valence-corrected chi connectivity index (χ0v) is 24.3. The van der Waals surface area contributed by atoms with Crippen LogP contribution in [0.2, 0.25) is 5.02 Å². The van der Waals surface area contributed by atoms with Crippen LogP contribution in [0.15, 0.2) is 60.7 Å². The highest BCUT2D eigenvalue weighted by atomic mass is 35.5. The first-order chi connectivity index (χ1) is 20.8. The first-order valence-corrected chi connectivity index (χ1v) is 15.0. The fourth-order valence-corrected chi connectivity index (χ4v) is 6.97. The second-order valence-electron chi connectivity index (χ2n) is 11.9. The number of benzene rings is 3. The van der Waals surface area contributed by atoms with Gasteiger partial charge in [-0.1, -0.05) is 29.8 Å². The molecular formula is C33H31ClN4O5. The Morgan fingerprint density at radius 3 is 2.60 bits per heavy atom. The van der Waals surface area contributed by atoms with Crippen LogP contribution in [-0.4, -0.2) is 59.2 Å². The number of anilines is 1. The monoisotopic (exact) mass is 598 g/mol. The zero-order chi connectivity index (χ0) is 29.7. The lowest BCUT2D eigenvalue weighted by Gasteiger charge is -2.38. The van der Waals surface area contributed by atoms with E-state index >= 15 is 0 Å². The third-order valence-electron chi connectivity index (χ3n) is 9.24. The number of amides is 4. The second-order valence-corrected chi connectivity index (χ2v) is 12.3. The molecule has 220 valence electrons. The Morgan fingerprint density at radius 2 is 1.84 bits per heavy atom. The van der Waals surface area contributed by atoms with E-state index in [-0.39, 0.29) is 29.6 Å². The number of carbonyl (C=O) groups excluding carboxylic acids is 4. The van der Waals surface area contributed by atoms with Crippen molar-refractivity contribution in [3.63, 3.8) is 0 Å². The molecule has 0 aliphatic carbocycles. The number of carbonyl (C=O) groups is 4. The van der Waals surface area contributed by atoms with Gasteiger partial charge in [0.05, 0.1) is 13.2 Å². The molecule has 0 radical (unpaired) electrons. The van der Waals surface area contributed by atoms with E-state index in [0.29, 0.717) is 35.7 Å². The van der Waals surface area contributed by atoms with Crippen molar-refractivity contribution in [3.05, 3.63) is 93.5 Å². The molecule has 2 saturated heterocycles. The van der Waals surface area contributed by atoms with Crippen LogP contribution in [0.25, 0.3) is 0 Å². The minimum absolute atomic E-state index is 0.111. The van der Waals surface area contributed by atoms with Gasteiger partial charge in [-0.05, 0) is 80.4 Å². The van der Waals surface area contributed by atoms with E-state index in [1.807, 2.05) is 30.3 Å². The molecule has 3 aromatic carbocycles. The van der Waals surface area contributed by atoms with Gasteiger partial charge in [-0.25, -0.2) is 0 Å². The fourth-order valence-electron chi connectivity index (χ4n) is 6.85. The van der Waals surface area contributed by atoms with Gasteiger partial charge in [0.2, 0.25) is 11.8 Å². The number of likely N-dealkylation sites (tertiary alicyclic amines) is 1. The van der Waals surface area contributed by atoms with E-state index in [9.17, 15) is 19.2 Å². The summed E-state index contributed by atoms with van der Waals surface area (Å²) in [6, 6.07) is 18.0. The number of ether oxygens (including phenoxy) is 1. The number of halogens is 1. The maximum absolute atomic E-state index is 13.2. The van der Waals surface area contributed by atoms with E-state index < -0.39 is 11.9 Å². The molecule has 1 atom stereocenters. The first-order valence-electron chi connectivity index (χ1n) is 14.6. The average molecular weight is 599 g/mol. The molecule has 43 heavy (non-hydrogen) atoms. The van der Waals surface area contributed by atoms with Crippen molar-refractivity contribution >= 4 is 40.9 Å². The van der Waals surface area contributed by atoms with Gasteiger partial charge in [0, 0.05) is 51.3 Å². The van der Waals surface area contributed by atoms with Crippen LogP contribution in [0.1, 0.15) is 63.1 Å². The Hall–Kier alpha value is -4.21. The number of fused-ring (bicyclic) bond motifs is 4. The molecule has 4 aliphatic rings. The van der Waals surface area contributed by atoms with E-state index in [1.54, 1.807) is 29.2 Å². The van der Waals surface area contributed by atoms with Crippen LogP contribution in [0.5, 0.6) is 5.75 Å². The third kappa shape index (κ3) is 5.06. The summed E-state index contributed by atoms with van der Waals surface area (Å²) in [6.45, 7) is 3.45. The number of rotatable bonds is 5. The van der Waals surface area contributed by atoms with Gasteiger partial charge in [-0.3, -0.25) is 29.4 Å². The molecule has 0 aromatic heterocycles. The van der Waals surface area contributed by atoms with Crippen molar-refractivity contribution in [1.82, 2.24) is 15.1 Å². The van der Waals surface area contributed by atoms with Crippen LogP contribution in [0.3, 0.4) is 0 Å². The molecule has 4 heterocycles. The quantitative estimate of drug-likeness (QED) is 0.425. The summed E-state index contributed by atoms with van der Waals surface area (Å²) in [5.74, 6) is -0.275. The summed E-state index contributed by atoms with van der Waals surface area (Å²) < 4.78 is 6.31. The van der Waals surface area contributed by atoms with Crippen LogP contribution < -0.4 is 15.4 Å². The first kappa shape index (κ1) is 27.6. The van der Waals surface area contributed by atoms with Crippen molar-refractivity contribution in [2.45, 2.75) is 50.2 Å². The van der Waals surface area contributed by atoms with Crippen LogP contribution in [0.4, 0.5) is 5.69 Å². The van der Waals surface area contributed by atoms with Gasteiger partial charge >= 0.3 is 0 Å². The topological polar surface area (TPSA) is 108 Å². The summed E-state index contributed by atoms with van der Waals surface area (Å²) in [6.07, 6.45) is 2.42. The Morgan fingerprint density at radius 1 is 1.05 bits per heavy atom. The number of piperidine rings is 2. The summed E-state index contributed by atoms with van der Waals surface area (Å²) >= 11 is 5.94. The van der Waals surface area contributed by atoms with Gasteiger partial charge in [0.1, 0.15) is 11.8 Å². The van der Waals surface area contributed by atoms with Crippen molar-refractivity contribution in [3.8, 4) is 5.75 Å². The molecule has 3 aromatic rings. The second kappa shape index (κ2) is 10.8. The summed E-state index contributed by atoms with van der Waals surface area (Å²) in [7, 11) is 0. The molecule has 2 N–H and O–H groups in total. The van der Waals surface area contributed by atoms with Gasteiger partial charge in [0.15, 0.2) is 0 Å². The molecule has 10 heteroatoms. The minimum atomic E-state index is -0.642. The molecule has 7 rings (SSSR count). The van der Waals surface area contributed by atoms with Gasteiger partial charge < -0.3 is 15.0 Å². The van der Waals surface area contributed by atoms with Gasteiger partial charge in [-0.2, -0.15) is 0 Å². The average Bonchev–Trinajstić information content (AvgIpc) is 3.52. The summed E-state index contributed by atoms with van der Waals surface area (Å²) in [4.78, 5) is 54.0. The lowest BCUT2D eigenvalue weighted by atomic mass is 9.74. The number of imide groups is 1. The minimum Gasteiger partial charge on any atom is -0.492 e. The highest BCUT2D eigenvalue weighted by Crippen LogP contribution is 2.49. The molecule has 4 amide bonds. The maximum atomic E-state index is 13.2. The Balaban J connectivity index is 1.01. The van der Waals surface area contributed by atoms with Crippen molar-refractivity contribution in [2.75, 3.05) is 25.0 Å². The number of nitrogens with one attached hydrogen (secondary N) is 2. The molecule has 0 bridgehead atoms. The van der Waals surface area contributed by atoms with Crippen molar-refractivity contribution < 1.29 is 23.9 Å². The molecule has 1 spiro atoms. The SMILES string of the molecule is O=C1CCC(N2Cc3c(ccc4c3OCC43CCN(Cc4cccc(NC(=O)c5ccc(Cl)cc5)c4)CC3)C2=O)C(=O)N1. The molecule has 0 saturated carbocycles. The normalized spacial score (nSPS) is 20.9. The fraction of sp³-hybridized carbons (Fsp3) is 0.333. The molecule has 2 fully saturated rings. The Kier molecular flexibility index (Phi) is 6.94. The number of hydrogen-bond acceptors (Lipinski definition) is 6. The van der Waals surface area contributed by atoms with Gasteiger partial charge in [-0.15, -0.1) is 0 Å². The van der Waals surface area contributed by atoms with E-state index in [0.717, 1.165) is 60.6 Å². The smallest absolute Gasteiger partial charge is 0.255 e. The largest absolute Gasteiger partial charge is 0.492 e. The number of hydrogen-bond donors (Lipinski definition) is 2. The predicted octanol–water partition coefficient (Wildman–Crippen LogP) is 4.28. The third-order valence-corrected chi connectivity index (χ3v) is 9.49. The van der Waals surface area contributed by atoms with Crippen molar-refractivity contribution in [1.29, 1.82) is 0 Å². The van der Waals surface area contributed by atoms with Crippen LogP contribution in [-0.2, 0) is 28.1 Å². The van der Waals surface area contributed by atoms with Gasteiger partial charge in [0.25, 0.3) is 11.8 Å². The Bertz CT molecular complexity index is 1650. The highest BCUT2D eigenvalue weighted by molar-refractivity contribution is 6.30. The maximum Gasteiger partial charge on any atom is 0.255 e. The predicted molar refractivity (Wildman–Crippen MR) is 160 cm³/mol. The molecule has 4 aliphatic heterocycles. The summed E-state index contributed by atoms with van der Waals surface area (Å²) in [5, 5.41) is 5.93. The molecule has 1 unspecified atom stereocenters. The molecular weight excluding hydrogens is 568 g/mol. The lowest BCUT2D eigenvalue weighted by molar-refractivity contribution is -0.136. The summed E-state index contributed by atoms with van der Waals surface area (Å²) in [5.41, 5.74) is 4.89. The van der Waals surface area contributed by atoms with E-state index in [2.05, 4.69) is 21.6 Å². The van der Waals surface area contributed by atoms with Crippen LogP contribution in [0, 0.1) is 0 Å². The standard InChI is InChI=1S/C33H31ClN4O5/c34-22-6-4-21(5-7-22)30(40)35-23-3-1-2-20(16-23)17-37-14-12-33(13-15-37)19-43-29-25-18-38(27-10-11-28(39)36-31(27)41)32(42)24(25)8-9-26(29)33/h1-9,16,27H,10-15,17-19H2,(H,35,40)(H,36,39,41). The zero-order valence-electron chi connectivity index (χ0n) is 23.5. The number of nitrogens with zero attached hydrogens (tertiary/aromatic N) is 2. The van der Waals surface area contributed by atoms with Crippen LogP contribution >= 0.6 is 11.6 Å². The van der Waals surface area contributed by atoms with E-state index in [4.69, 9.17) is 16.3 Å². The Labute approximate surface area is 254 Å². The lowest BCUT2D eigenvalue weighted by Crippen LogP contribution is -2.52. The van der Waals surface area contributed by atoms with Crippen molar-refractivity contribution in [2.24, 2.45) is 0 Å². The highest BCUT2D eigenvalue weighted by Gasteiger charge is 2.47. The van der Waals surface area contributed by atoms with E-state index in [1.165, 1.54) is 0 Å². The molecule has 9 nitrogen and oxygen atoms in total.